The van der Waals surface area contributed by atoms with Crippen LogP contribution in [0.3, 0.4) is 0 Å². The fraction of sp³-hybridized carbons (Fsp3) is 0.143. The summed E-state index contributed by atoms with van der Waals surface area (Å²) in [6.07, 6.45) is 0. The van der Waals surface area contributed by atoms with Gasteiger partial charge in [-0.25, -0.2) is 4.79 Å². The summed E-state index contributed by atoms with van der Waals surface area (Å²) in [5, 5.41) is 15.8. The lowest BCUT2D eigenvalue weighted by atomic mass is 10.1. The van der Waals surface area contributed by atoms with Crippen molar-refractivity contribution in [2.45, 2.75) is 13.8 Å². The van der Waals surface area contributed by atoms with Crippen LogP contribution >= 0.6 is 0 Å². The molecular formula is C14H11N3O4. The maximum absolute atomic E-state index is 11.8. The Hall–Kier alpha value is -2.96. The maximum atomic E-state index is 11.8. The van der Waals surface area contributed by atoms with Gasteiger partial charge in [-0.1, -0.05) is 18.2 Å². The Morgan fingerprint density at radius 3 is 2.52 bits per heavy atom. The van der Waals surface area contributed by atoms with Crippen molar-refractivity contribution in [3.8, 4) is 5.69 Å². The molecule has 3 rings (SSSR count). The van der Waals surface area contributed by atoms with Crippen molar-refractivity contribution in [3.63, 3.8) is 0 Å². The first-order valence-electron chi connectivity index (χ1n) is 6.23. The molecule has 2 aromatic heterocycles. The van der Waals surface area contributed by atoms with Gasteiger partial charge in [-0.2, -0.15) is 9.78 Å². The van der Waals surface area contributed by atoms with Crippen molar-refractivity contribution in [1.82, 2.24) is 9.78 Å². The van der Waals surface area contributed by atoms with Gasteiger partial charge in [0, 0.05) is 5.56 Å². The fourth-order valence-electron chi connectivity index (χ4n) is 2.40. The van der Waals surface area contributed by atoms with E-state index in [1.54, 1.807) is 6.92 Å². The molecule has 0 atom stereocenters. The number of benzene rings is 1. The third-order valence-corrected chi connectivity index (χ3v) is 3.31. The summed E-state index contributed by atoms with van der Waals surface area (Å²) >= 11 is 0. The highest BCUT2D eigenvalue weighted by Crippen LogP contribution is 2.28. The minimum absolute atomic E-state index is 0.215. The van der Waals surface area contributed by atoms with Crippen LogP contribution in [0.5, 0.6) is 0 Å². The van der Waals surface area contributed by atoms with Gasteiger partial charge in [0.15, 0.2) is 0 Å². The molecule has 7 nitrogen and oxygen atoms in total. The molecule has 3 aromatic rings. The van der Waals surface area contributed by atoms with Crippen LogP contribution in [0.1, 0.15) is 11.3 Å². The number of para-hydroxylation sites is 1. The lowest BCUT2D eigenvalue weighted by molar-refractivity contribution is -0.387. The second-order valence-electron chi connectivity index (χ2n) is 4.63. The topological polar surface area (TPSA) is 91.2 Å². The first kappa shape index (κ1) is 13.0. The number of rotatable bonds is 2. The van der Waals surface area contributed by atoms with Crippen molar-refractivity contribution in [2.75, 3.05) is 0 Å². The summed E-state index contributed by atoms with van der Waals surface area (Å²) in [6.45, 7) is 3.25. The average molecular weight is 285 g/mol. The fourth-order valence-corrected chi connectivity index (χ4v) is 2.40. The SMILES string of the molecule is Cc1nn(-c2ccccc2)c2oc(=O)c([N+](=O)[O-])c(C)c12. The van der Waals surface area contributed by atoms with E-state index in [-0.39, 0.29) is 11.3 Å². The normalized spacial score (nSPS) is 11.0. The summed E-state index contributed by atoms with van der Waals surface area (Å²) < 4.78 is 6.62. The molecule has 0 aliphatic carbocycles. The molecule has 21 heavy (non-hydrogen) atoms. The molecule has 0 unspecified atom stereocenters. The van der Waals surface area contributed by atoms with Gasteiger partial charge in [0.25, 0.3) is 0 Å². The number of fused-ring (bicyclic) bond motifs is 1. The van der Waals surface area contributed by atoms with Gasteiger partial charge in [-0.05, 0) is 26.0 Å². The molecule has 0 radical (unpaired) electrons. The van der Waals surface area contributed by atoms with Crippen LogP contribution < -0.4 is 5.63 Å². The lowest BCUT2D eigenvalue weighted by Crippen LogP contribution is -2.10. The quantitative estimate of drug-likeness (QED) is 0.533. The second-order valence-corrected chi connectivity index (χ2v) is 4.63. The summed E-state index contributed by atoms with van der Waals surface area (Å²) in [5.74, 6) is 0. The zero-order valence-corrected chi connectivity index (χ0v) is 11.4. The monoisotopic (exact) mass is 285 g/mol. The Kier molecular flexibility index (Phi) is 2.83. The van der Waals surface area contributed by atoms with E-state index in [9.17, 15) is 14.9 Å². The van der Waals surface area contributed by atoms with Gasteiger partial charge in [0.1, 0.15) is 0 Å². The Labute approximate surface area is 118 Å². The van der Waals surface area contributed by atoms with Crippen molar-refractivity contribution in [1.29, 1.82) is 0 Å². The van der Waals surface area contributed by atoms with Gasteiger partial charge in [0.2, 0.25) is 5.71 Å². The van der Waals surface area contributed by atoms with Crippen molar-refractivity contribution >= 4 is 16.8 Å². The van der Waals surface area contributed by atoms with E-state index in [0.29, 0.717) is 16.8 Å². The van der Waals surface area contributed by atoms with Crippen molar-refractivity contribution < 1.29 is 9.34 Å². The first-order chi connectivity index (χ1) is 10.0. The van der Waals surface area contributed by atoms with E-state index in [1.165, 1.54) is 11.6 Å². The van der Waals surface area contributed by atoms with E-state index >= 15 is 0 Å². The highest BCUT2D eigenvalue weighted by Gasteiger charge is 2.25. The molecule has 7 heteroatoms. The average Bonchev–Trinajstić information content (AvgIpc) is 2.76. The molecule has 0 bridgehead atoms. The largest absolute Gasteiger partial charge is 0.416 e. The summed E-state index contributed by atoms with van der Waals surface area (Å²) in [7, 11) is 0. The van der Waals surface area contributed by atoms with E-state index < -0.39 is 16.2 Å². The number of aromatic nitrogens is 2. The van der Waals surface area contributed by atoms with Crippen LogP contribution in [-0.2, 0) is 0 Å². The third kappa shape index (κ3) is 1.90. The smallest absolute Gasteiger partial charge is 0.398 e. The van der Waals surface area contributed by atoms with E-state index in [4.69, 9.17) is 4.42 Å². The van der Waals surface area contributed by atoms with E-state index in [1.807, 2.05) is 30.3 Å². The summed E-state index contributed by atoms with van der Waals surface area (Å²) in [5.41, 5.74) is 0.253. The van der Waals surface area contributed by atoms with Crippen molar-refractivity contribution in [2.24, 2.45) is 0 Å². The highest BCUT2D eigenvalue weighted by molar-refractivity contribution is 5.84. The van der Waals surface area contributed by atoms with Crippen LogP contribution in [0.4, 0.5) is 5.69 Å². The molecule has 0 aliphatic rings. The minimum atomic E-state index is -0.970. The molecule has 0 spiro atoms. The summed E-state index contributed by atoms with van der Waals surface area (Å²) in [6, 6.07) is 9.13. The van der Waals surface area contributed by atoms with Gasteiger partial charge >= 0.3 is 11.3 Å². The molecular weight excluding hydrogens is 274 g/mol. The number of nitrogens with zero attached hydrogens (tertiary/aromatic N) is 3. The minimum Gasteiger partial charge on any atom is -0.398 e. The van der Waals surface area contributed by atoms with Crippen LogP contribution in [0.25, 0.3) is 16.8 Å². The van der Waals surface area contributed by atoms with Gasteiger partial charge in [-0.15, -0.1) is 0 Å². The van der Waals surface area contributed by atoms with Crippen LogP contribution in [-0.4, -0.2) is 14.7 Å². The maximum Gasteiger partial charge on any atom is 0.416 e. The lowest BCUT2D eigenvalue weighted by Gasteiger charge is -2.02. The number of aryl methyl sites for hydroxylation is 2. The van der Waals surface area contributed by atoms with E-state index in [0.717, 1.165) is 0 Å². The van der Waals surface area contributed by atoms with E-state index in [2.05, 4.69) is 5.10 Å². The number of hydrogen-bond acceptors (Lipinski definition) is 5. The predicted molar refractivity (Wildman–Crippen MR) is 75.7 cm³/mol. The molecule has 1 aromatic carbocycles. The molecule has 0 amide bonds. The Balaban J connectivity index is 2.43. The van der Waals surface area contributed by atoms with Crippen molar-refractivity contribution in [3.05, 3.63) is 62.1 Å². The zero-order valence-electron chi connectivity index (χ0n) is 11.4. The molecule has 2 heterocycles. The van der Waals surface area contributed by atoms with Crippen LogP contribution in [0, 0.1) is 24.0 Å². The Morgan fingerprint density at radius 2 is 1.90 bits per heavy atom. The molecule has 106 valence electrons. The Bertz CT molecular complexity index is 909. The van der Waals surface area contributed by atoms with Gasteiger partial charge in [-0.3, -0.25) is 10.1 Å². The molecule has 0 aliphatic heterocycles. The standard InChI is InChI=1S/C14H11N3O4/c1-8-11-9(2)15-16(10-6-4-3-5-7-10)13(11)21-14(18)12(8)17(19)20/h3-7H,1-2H3. The molecule has 0 fully saturated rings. The highest BCUT2D eigenvalue weighted by atomic mass is 16.6. The zero-order chi connectivity index (χ0) is 15.1. The number of nitro groups is 1. The molecule has 0 N–H and O–H groups in total. The first-order valence-corrected chi connectivity index (χ1v) is 6.23. The predicted octanol–water partition coefficient (Wildman–Crippen LogP) is 2.50. The van der Waals surface area contributed by atoms with Crippen LogP contribution in [0.15, 0.2) is 39.5 Å². The third-order valence-electron chi connectivity index (χ3n) is 3.31. The summed E-state index contributed by atoms with van der Waals surface area (Å²) in [4.78, 5) is 22.1. The molecule has 0 saturated carbocycles. The number of hydrogen-bond donors (Lipinski definition) is 0. The van der Waals surface area contributed by atoms with Crippen LogP contribution in [0.2, 0.25) is 0 Å². The Morgan fingerprint density at radius 1 is 1.24 bits per heavy atom. The molecule has 0 saturated heterocycles. The second kappa shape index (κ2) is 4.55. The van der Waals surface area contributed by atoms with Gasteiger partial charge < -0.3 is 4.42 Å². The van der Waals surface area contributed by atoms with Gasteiger partial charge in [0.05, 0.1) is 21.7 Å².